The highest BCUT2D eigenvalue weighted by Crippen LogP contribution is 2.40. The molecular weight excluding hydrogens is 405 g/mol. The zero-order valence-electron chi connectivity index (χ0n) is 15.5. The van der Waals surface area contributed by atoms with E-state index in [4.69, 9.17) is 21.4 Å². The quantitative estimate of drug-likeness (QED) is 0.790. The molecule has 1 N–H and O–H groups in total. The van der Waals surface area contributed by atoms with Gasteiger partial charge in [0.2, 0.25) is 0 Å². The number of carbonyl (C=O) groups excluding carboxylic acids is 1. The van der Waals surface area contributed by atoms with Crippen molar-refractivity contribution in [3.63, 3.8) is 0 Å². The number of aromatic carboxylic acids is 1. The number of piperazine rings is 1. The molecule has 11 heteroatoms. The molecule has 2 rings (SSSR count). The van der Waals surface area contributed by atoms with Crippen molar-refractivity contribution < 1.29 is 37.3 Å². The van der Waals surface area contributed by atoms with Gasteiger partial charge >= 0.3 is 18.4 Å². The molecule has 1 amide bonds. The molecule has 1 aromatic carbocycles. The molecule has 1 heterocycles. The average Bonchev–Trinajstić information content (AvgIpc) is 2.51. The van der Waals surface area contributed by atoms with Crippen molar-refractivity contribution in [1.29, 1.82) is 0 Å². The van der Waals surface area contributed by atoms with E-state index in [-0.39, 0.29) is 36.9 Å². The number of anilines is 1. The van der Waals surface area contributed by atoms with E-state index in [1.54, 1.807) is 20.8 Å². The van der Waals surface area contributed by atoms with E-state index < -0.39 is 35.3 Å². The van der Waals surface area contributed by atoms with E-state index in [0.29, 0.717) is 0 Å². The molecule has 0 unspecified atom stereocenters. The first-order valence-corrected chi connectivity index (χ1v) is 8.70. The number of carboxylic acids is 1. The summed E-state index contributed by atoms with van der Waals surface area (Å²) in [6.45, 7) is 5.90. The number of halogens is 4. The van der Waals surface area contributed by atoms with E-state index in [9.17, 15) is 22.8 Å². The minimum atomic E-state index is -5.02. The number of carboxylic acid groups (broad SMARTS) is 1. The molecule has 0 saturated carbocycles. The SMILES string of the molecule is CC(C)(C)OC(=O)N1CCN(c2c(Cl)cc(C(=O)O)cc2OC(F)(F)F)CC1. The predicted octanol–water partition coefficient (Wildman–Crippen LogP) is 3.99. The van der Waals surface area contributed by atoms with Gasteiger partial charge in [-0.25, -0.2) is 9.59 Å². The largest absolute Gasteiger partial charge is 0.573 e. The normalized spacial score (nSPS) is 15.4. The molecule has 0 radical (unpaired) electrons. The van der Waals surface area contributed by atoms with Gasteiger partial charge in [0.25, 0.3) is 0 Å². The number of nitrogens with zero attached hydrogens (tertiary/aromatic N) is 2. The standard InChI is InChI=1S/C17H20ClF3N2O5/c1-16(2,3)28-15(26)23-6-4-22(5-7-23)13-11(18)8-10(14(24)25)9-12(13)27-17(19,20)21/h8-9H,4-7H2,1-3H3,(H,24,25). The highest BCUT2D eigenvalue weighted by Gasteiger charge is 2.35. The topological polar surface area (TPSA) is 79.3 Å². The number of amides is 1. The van der Waals surface area contributed by atoms with Gasteiger partial charge in [-0.3, -0.25) is 0 Å². The van der Waals surface area contributed by atoms with Gasteiger partial charge < -0.3 is 24.4 Å². The first kappa shape index (κ1) is 21.9. The summed E-state index contributed by atoms with van der Waals surface area (Å²) in [6.07, 6.45) is -5.54. The van der Waals surface area contributed by atoms with E-state index >= 15 is 0 Å². The molecule has 1 aromatic rings. The van der Waals surface area contributed by atoms with Crippen LogP contribution in [-0.4, -0.2) is 60.2 Å². The Morgan fingerprint density at radius 3 is 2.14 bits per heavy atom. The highest BCUT2D eigenvalue weighted by atomic mass is 35.5. The van der Waals surface area contributed by atoms with Crippen LogP contribution in [0, 0.1) is 0 Å². The van der Waals surface area contributed by atoms with Crippen LogP contribution in [0.3, 0.4) is 0 Å². The summed E-state index contributed by atoms with van der Waals surface area (Å²) in [4.78, 5) is 26.2. The third-order valence-electron chi connectivity index (χ3n) is 3.75. The van der Waals surface area contributed by atoms with Crippen LogP contribution < -0.4 is 9.64 Å². The molecule has 0 spiro atoms. The second-order valence-corrected chi connectivity index (χ2v) is 7.52. The van der Waals surface area contributed by atoms with Crippen molar-refractivity contribution in [1.82, 2.24) is 4.90 Å². The predicted molar refractivity (Wildman–Crippen MR) is 95.1 cm³/mol. The summed E-state index contributed by atoms with van der Waals surface area (Å²) < 4.78 is 47.6. The third kappa shape index (κ3) is 5.82. The number of alkyl halides is 3. The lowest BCUT2D eigenvalue weighted by molar-refractivity contribution is -0.274. The molecule has 0 bridgehead atoms. The van der Waals surface area contributed by atoms with Gasteiger partial charge in [-0.2, -0.15) is 0 Å². The zero-order chi connectivity index (χ0) is 21.3. The number of benzene rings is 1. The Balaban J connectivity index is 2.23. The van der Waals surface area contributed by atoms with Gasteiger partial charge in [0, 0.05) is 26.2 Å². The van der Waals surface area contributed by atoms with E-state index in [2.05, 4.69) is 4.74 Å². The first-order valence-electron chi connectivity index (χ1n) is 8.32. The van der Waals surface area contributed by atoms with Gasteiger partial charge in [-0.05, 0) is 32.9 Å². The number of hydrogen-bond acceptors (Lipinski definition) is 5. The fraction of sp³-hybridized carbons (Fsp3) is 0.529. The lowest BCUT2D eigenvalue weighted by Gasteiger charge is -2.37. The minimum absolute atomic E-state index is 0.0761. The Kier molecular flexibility index (Phi) is 6.22. The van der Waals surface area contributed by atoms with Crippen LogP contribution >= 0.6 is 11.6 Å². The van der Waals surface area contributed by atoms with E-state index in [1.807, 2.05) is 0 Å². The van der Waals surface area contributed by atoms with Crippen molar-refractivity contribution in [3.05, 3.63) is 22.7 Å². The molecule has 156 valence electrons. The fourth-order valence-electron chi connectivity index (χ4n) is 2.65. The second-order valence-electron chi connectivity index (χ2n) is 7.11. The van der Waals surface area contributed by atoms with Crippen molar-refractivity contribution in [3.8, 4) is 5.75 Å². The molecule has 1 aliphatic heterocycles. The summed E-state index contributed by atoms with van der Waals surface area (Å²) >= 11 is 6.07. The molecule has 1 aliphatic rings. The smallest absolute Gasteiger partial charge is 0.478 e. The number of hydrogen-bond donors (Lipinski definition) is 1. The highest BCUT2D eigenvalue weighted by molar-refractivity contribution is 6.34. The minimum Gasteiger partial charge on any atom is -0.478 e. The molecule has 0 aliphatic carbocycles. The first-order chi connectivity index (χ1) is 12.8. The van der Waals surface area contributed by atoms with Crippen molar-refractivity contribution in [2.24, 2.45) is 0 Å². The monoisotopic (exact) mass is 424 g/mol. The summed E-state index contributed by atoms with van der Waals surface area (Å²) in [5.74, 6) is -2.14. The number of carbonyl (C=O) groups is 2. The van der Waals surface area contributed by atoms with Crippen LogP contribution in [0.4, 0.5) is 23.7 Å². The summed E-state index contributed by atoms with van der Waals surface area (Å²) in [7, 11) is 0. The van der Waals surface area contributed by atoms with Gasteiger partial charge in [0.15, 0.2) is 5.75 Å². The molecule has 0 aromatic heterocycles. The fourth-order valence-corrected chi connectivity index (χ4v) is 2.98. The summed E-state index contributed by atoms with van der Waals surface area (Å²) in [5, 5.41) is 8.86. The lowest BCUT2D eigenvalue weighted by atomic mass is 10.1. The Labute approximate surface area is 164 Å². The Morgan fingerprint density at radius 1 is 1.11 bits per heavy atom. The van der Waals surface area contributed by atoms with Crippen LogP contribution in [0.15, 0.2) is 12.1 Å². The van der Waals surface area contributed by atoms with Gasteiger partial charge in [0.05, 0.1) is 16.3 Å². The van der Waals surface area contributed by atoms with Gasteiger partial charge in [0.1, 0.15) is 5.60 Å². The van der Waals surface area contributed by atoms with Crippen molar-refractivity contribution in [2.75, 3.05) is 31.1 Å². The zero-order valence-corrected chi connectivity index (χ0v) is 16.2. The van der Waals surface area contributed by atoms with Crippen LogP contribution in [0.5, 0.6) is 5.75 Å². The Bertz CT molecular complexity index is 756. The third-order valence-corrected chi connectivity index (χ3v) is 4.04. The Morgan fingerprint density at radius 2 is 1.68 bits per heavy atom. The molecule has 0 atom stereocenters. The van der Waals surface area contributed by atoms with Crippen molar-refractivity contribution in [2.45, 2.75) is 32.7 Å². The van der Waals surface area contributed by atoms with E-state index in [1.165, 1.54) is 9.80 Å². The molecule has 1 fully saturated rings. The molecule has 7 nitrogen and oxygen atoms in total. The summed E-state index contributed by atoms with van der Waals surface area (Å²) in [6, 6.07) is 1.83. The maximum absolute atomic E-state index is 12.8. The second kappa shape index (κ2) is 7.94. The van der Waals surface area contributed by atoms with Gasteiger partial charge in [-0.1, -0.05) is 11.6 Å². The van der Waals surface area contributed by atoms with Crippen LogP contribution in [0.2, 0.25) is 5.02 Å². The lowest BCUT2D eigenvalue weighted by Crippen LogP contribution is -2.50. The maximum Gasteiger partial charge on any atom is 0.573 e. The van der Waals surface area contributed by atoms with E-state index in [0.717, 1.165) is 12.1 Å². The van der Waals surface area contributed by atoms with Crippen LogP contribution in [-0.2, 0) is 4.74 Å². The molecular formula is C17H20ClF3N2O5. The Hall–Kier alpha value is -2.36. The van der Waals surface area contributed by atoms with Crippen molar-refractivity contribution >= 4 is 29.4 Å². The number of ether oxygens (including phenoxy) is 2. The maximum atomic E-state index is 12.8. The van der Waals surface area contributed by atoms with Crippen LogP contribution in [0.25, 0.3) is 0 Å². The average molecular weight is 425 g/mol. The number of rotatable bonds is 3. The van der Waals surface area contributed by atoms with Gasteiger partial charge in [-0.15, -0.1) is 13.2 Å². The van der Waals surface area contributed by atoms with Crippen LogP contribution in [0.1, 0.15) is 31.1 Å². The molecule has 28 heavy (non-hydrogen) atoms. The molecule has 1 saturated heterocycles. The summed E-state index contributed by atoms with van der Waals surface area (Å²) in [5.41, 5.74) is -1.18.